The molecule has 0 atom stereocenters. The van der Waals surface area contributed by atoms with Crippen molar-refractivity contribution in [3.63, 3.8) is 0 Å². The Labute approximate surface area is 175 Å². The predicted molar refractivity (Wildman–Crippen MR) is 113 cm³/mol. The van der Waals surface area contributed by atoms with Crippen molar-refractivity contribution < 1.29 is 18.7 Å². The van der Waals surface area contributed by atoms with Crippen molar-refractivity contribution in [2.24, 2.45) is 0 Å². The fourth-order valence-electron chi connectivity index (χ4n) is 2.98. The fraction of sp³-hybridized carbons (Fsp3) is 0.0952. The first-order valence-corrected chi connectivity index (χ1v) is 9.82. The van der Waals surface area contributed by atoms with Crippen LogP contribution < -0.4 is 5.32 Å². The maximum Gasteiger partial charge on any atom is 0.342 e. The summed E-state index contributed by atoms with van der Waals surface area (Å²) in [7, 11) is 1.29. The summed E-state index contributed by atoms with van der Waals surface area (Å²) < 4.78 is 11.6. The van der Waals surface area contributed by atoms with Gasteiger partial charge in [-0.15, -0.1) is 11.3 Å². The summed E-state index contributed by atoms with van der Waals surface area (Å²) in [5.41, 5.74) is 1.68. The monoisotopic (exact) mass is 426 g/mol. The summed E-state index contributed by atoms with van der Waals surface area (Å²) in [6.45, 7) is 1.63. The molecule has 6 nitrogen and oxygen atoms in total. The van der Waals surface area contributed by atoms with Gasteiger partial charge in [0.15, 0.2) is 0 Å². The van der Waals surface area contributed by atoms with Gasteiger partial charge in [-0.3, -0.25) is 10.1 Å². The van der Waals surface area contributed by atoms with E-state index in [0.717, 1.165) is 10.2 Å². The third-order valence-electron chi connectivity index (χ3n) is 4.33. The number of aromatic nitrogens is 1. The number of hydrogen-bond donors (Lipinski definition) is 1. The summed E-state index contributed by atoms with van der Waals surface area (Å²) in [5, 5.41) is 3.57. The van der Waals surface area contributed by atoms with Gasteiger partial charge in [0.1, 0.15) is 16.3 Å². The number of furan rings is 1. The highest BCUT2D eigenvalue weighted by atomic mass is 35.5. The van der Waals surface area contributed by atoms with Gasteiger partial charge in [-0.25, -0.2) is 9.78 Å². The van der Waals surface area contributed by atoms with E-state index in [1.807, 2.05) is 24.3 Å². The smallest absolute Gasteiger partial charge is 0.342 e. The van der Waals surface area contributed by atoms with E-state index in [1.165, 1.54) is 18.4 Å². The number of nitrogens with one attached hydrogen (secondary N) is 1. The van der Waals surface area contributed by atoms with Crippen LogP contribution in [0.25, 0.3) is 20.8 Å². The lowest BCUT2D eigenvalue weighted by Gasteiger charge is -2.06. The second-order valence-electron chi connectivity index (χ2n) is 6.15. The first-order valence-electron chi connectivity index (χ1n) is 8.63. The molecule has 1 amide bonds. The minimum absolute atomic E-state index is 0.117. The van der Waals surface area contributed by atoms with Gasteiger partial charge in [0.05, 0.1) is 33.5 Å². The number of esters is 1. The molecule has 0 saturated heterocycles. The number of carbonyl (C=O) groups is 2. The first-order chi connectivity index (χ1) is 14.0. The Hall–Kier alpha value is -3.16. The molecule has 0 aliphatic rings. The van der Waals surface area contributed by atoms with Crippen LogP contribution in [0.1, 0.15) is 26.5 Å². The largest absolute Gasteiger partial charge is 0.465 e. The van der Waals surface area contributed by atoms with Crippen molar-refractivity contribution in [2.75, 3.05) is 12.4 Å². The zero-order valence-corrected chi connectivity index (χ0v) is 17.1. The standard InChI is InChI=1S/C21H15ClN2O4S/c1-11-16(21(26)27-2)17(20-23-14-9-5-6-10-15(14)29-20)19(28-11)24-18(25)12-7-3-4-8-13(12)22/h3-10H,1-2H3,(H,24,25). The molecule has 0 radical (unpaired) electrons. The van der Waals surface area contributed by atoms with Crippen LogP contribution in [0.3, 0.4) is 0 Å². The number of benzene rings is 2. The predicted octanol–water partition coefficient (Wildman–Crippen LogP) is 5.56. The number of ether oxygens (including phenoxy) is 1. The molecular formula is C21H15ClN2O4S. The molecule has 0 aliphatic heterocycles. The highest BCUT2D eigenvalue weighted by molar-refractivity contribution is 7.21. The van der Waals surface area contributed by atoms with Gasteiger partial charge in [0.25, 0.3) is 5.91 Å². The molecule has 0 aliphatic carbocycles. The molecule has 0 saturated carbocycles. The van der Waals surface area contributed by atoms with Crippen molar-refractivity contribution in [1.82, 2.24) is 4.98 Å². The highest BCUT2D eigenvalue weighted by Crippen LogP contribution is 2.40. The Kier molecular flexibility index (Phi) is 5.08. The lowest BCUT2D eigenvalue weighted by atomic mass is 10.1. The number of anilines is 1. The number of carbonyl (C=O) groups excluding carboxylic acids is 2. The van der Waals surface area contributed by atoms with E-state index in [1.54, 1.807) is 31.2 Å². The Morgan fingerprint density at radius 3 is 2.59 bits per heavy atom. The van der Waals surface area contributed by atoms with Crippen molar-refractivity contribution in [3.05, 3.63) is 70.4 Å². The van der Waals surface area contributed by atoms with Gasteiger partial charge in [-0.05, 0) is 31.2 Å². The van der Waals surface area contributed by atoms with Crippen LogP contribution in [0.5, 0.6) is 0 Å². The third-order valence-corrected chi connectivity index (χ3v) is 5.71. The van der Waals surface area contributed by atoms with E-state index < -0.39 is 11.9 Å². The Bertz CT molecular complexity index is 1210. The molecule has 0 spiro atoms. The van der Waals surface area contributed by atoms with Crippen LogP contribution in [0, 0.1) is 6.92 Å². The normalized spacial score (nSPS) is 10.9. The molecule has 2 heterocycles. The Morgan fingerprint density at radius 1 is 1.14 bits per heavy atom. The van der Waals surface area contributed by atoms with Gasteiger partial charge >= 0.3 is 5.97 Å². The van der Waals surface area contributed by atoms with Crippen LogP contribution in [0.15, 0.2) is 52.9 Å². The molecule has 4 aromatic rings. The number of halogens is 1. The number of fused-ring (bicyclic) bond motifs is 1. The number of nitrogens with zero attached hydrogens (tertiary/aromatic N) is 1. The van der Waals surface area contributed by atoms with E-state index in [9.17, 15) is 9.59 Å². The van der Waals surface area contributed by atoms with E-state index >= 15 is 0 Å². The van der Waals surface area contributed by atoms with Crippen molar-refractivity contribution in [1.29, 1.82) is 0 Å². The second kappa shape index (κ2) is 7.69. The van der Waals surface area contributed by atoms with E-state index in [-0.39, 0.29) is 17.0 Å². The number of aryl methyl sites for hydroxylation is 1. The van der Waals surface area contributed by atoms with Crippen LogP contribution in [-0.2, 0) is 4.74 Å². The molecule has 2 aromatic carbocycles. The molecule has 4 rings (SSSR count). The van der Waals surface area contributed by atoms with Crippen molar-refractivity contribution >= 4 is 50.9 Å². The Balaban J connectivity index is 1.85. The van der Waals surface area contributed by atoms with Crippen molar-refractivity contribution in [2.45, 2.75) is 6.92 Å². The van der Waals surface area contributed by atoms with E-state index in [0.29, 0.717) is 21.4 Å². The third kappa shape index (κ3) is 3.50. The SMILES string of the molecule is COC(=O)c1c(C)oc(NC(=O)c2ccccc2Cl)c1-c1nc2ccccc2s1. The zero-order valence-electron chi connectivity index (χ0n) is 15.5. The summed E-state index contributed by atoms with van der Waals surface area (Å²) in [5.74, 6) is -0.589. The number of hydrogen-bond acceptors (Lipinski definition) is 6. The fourth-order valence-corrected chi connectivity index (χ4v) is 4.22. The first kappa shape index (κ1) is 19.2. The zero-order chi connectivity index (χ0) is 20.5. The molecule has 29 heavy (non-hydrogen) atoms. The van der Waals surface area contributed by atoms with Crippen LogP contribution in [-0.4, -0.2) is 24.0 Å². The second-order valence-corrected chi connectivity index (χ2v) is 7.59. The molecule has 8 heteroatoms. The lowest BCUT2D eigenvalue weighted by molar-refractivity contribution is 0.0599. The van der Waals surface area contributed by atoms with Gasteiger partial charge in [-0.2, -0.15) is 0 Å². The summed E-state index contributed by atoms with van der Waals surface area (Å²) >= 11 is 7.52. The van der Waals surface area contributed by atoms with Crippen LogP contribution in [0.2, 0.25) is 5.02 Å². The maximum absolute atomic E-state index is 12.8. The van der Waals surface area contributed by atoms with Crippen LogP contribution >= 0.6 is 22.9 Å². The van der Waals surface area contributed by atoms with Gasteiger partial charge in [0.2, 0.25) is 5.88 Å². The molecule has 1 N–H and O–H groups in total. The van der Waals surface area contributed by atoms with E-state index in [4.69, 9.17) is 20.8 Å². The van der Waals surface area contributed by atoms with Crippen molar-refractivity contribution in [3.8, 4) is 10.6 Å². The average Bonchev–Trinajstić information content (AvgIpc) is 3.27. The summed E-state index contributed by atoms with van der Waals surface area (Å²) in [4.78, 5) is 29.8. The molecule has 2 aromatic heterocycles. The maximum atomic E-state index is 12.8. The molecule has 0 unspecified atom stereocenters. The highest BCUT2D eigenvalue weighted by Gasteiger charge is 2.29. The molecule has 146 valence electrons. The number of amides is 1. The molecule has 0 fully saturated rings. The molecule has 0 bridgehead atoms. The topological polar surface area (TPSA) is 81.4 Å². The minimum atomic E-state index is -0.571. The van der Waals surface area contributed by atoms with Gasteiger partial charge in [0, 0.05) is 0 Å². The van der Waals surface area contributed by atoms with E-state index in [2.05, 4.69) is 10.3 Å². The lowest BCUT2D eigenvalue weighted by Crippen LogP contribution is -2.13. The number of methoxy groups -OCH3 is 1. The minimum Gasteiger partial charge on any atom is -0.465 e. The summed E-state index contributed by atoms with van der Waals surface area (Å²) in [6.07, 6.45) is 0. The number of rotatable bonds is 4. The van der Waals surface area contributed by atoms with Gasteiger partial charge < -0.3 is 9.15 Å². The quantitative estimate of drug-likeness (QED) is 0.432. The average molecular weight is 427 g/mol. The van der Waals surface area contributed by atoms with Gasteiger partial charge in [-0.1, -0.05) is 35.9 Å². The summed E-state index contributed by atoms with van der Waals surface area (Å²) in [6, 6.07) is 14.3. The number of para-hydroxylation sites is 1. The number of thiazole rings is 1. The molecular weight excluding hydrogens is 412 g/mol. The van der Waals surface area contributed by atoms with Crippen LogP contribution in [0.4, 0.5) is 5.88 Å². The Morgan fingerprint density at radius 2 is 1.86 bits per heavy atom.